The maximum atomic E-state index is 10.7. The van der Waals surface area contributed by atoms with Gasteiger partial charge in [-0.1, -0.05) is 13.8 Å². The van der Waals surface area contributed by atoms with E-state index in [0.29, 0.717) is 10.8 Å². The molecule has 1 heterocycles. The highest BCUT2D eigenvalue weighted by Gasteiger charge is 2.60. The van der Waals surface area contributed by atoms with Crippen molar-refractivity contribution in [3.8, 4) is 0 Å². The van der Waals surface area contributed by atoms with Gasteiger partial charge in [0.15, 0.2) is 0 Å². The predicted molar refractivity (Wildman–Crippen MR) is 87.1 cm³/mol. The molecule has 6 heteroatoms. The summed E-state index contributed by atoms with van der Waals surface area (Å²) in [4.78, 5) is 0. The third-order valence-corrected chi connectivity index (χ3v) is 7.03. The molecule has 4 aliphatic carbocycles. The van der Waals surface area contributed by atoms with Crippen molar-refractivity contribution < 1.29 is 25.2 Å². The van der Waals surface area contributed by atoms with E-state index >= 15 is 0 Å². The lowest BCUT2D eigenvalue weighted by Gasteiger charge is -2.66. The fourth-order valence-corrected chi connectivity index (χ4v) is 7.01. The van der Waals surface area contributed by atoms with Gasteiger partial charge in [-0.25, -0.2) is 0 Å². The molecule has 4 saturated carbocycles. The smallest absolute Gasteiger partial charge is 0.207 e. The Morgan fingerprint density at radius 2 is 1.62 bits per heavy atom. The van der Waals surface area contributed by atoms with Crippen LogP contribution in [-0.4, -0.2) is 63.2 Å². The van der Waals surface area contributed by atoms with Gasteiger partial charge in [0.1, 0.15) is 18.3 Å². The molecular formula is C18H31NO5. The molecule has 138 valence electrons. The molecule has 5 rings (SSSR count). The Morgan fingerprint density at radius 1 is 1.00 bits per heavy atom. The molecule has 0 radical (unpaired) electrons. The molecule has 0 amide bonds. The van der Waals surface area contributed by atoms with Gasteiger partial charge in [-0.3, -0.25) is 0 Å². The van der Waals surface area contributed by atoms with Gasteiger partial charge in [-0.15, -0.1) is 0 Å². The zero-order valence-corrected chi connectivity index (χ0v) is 14.7. The van der Waals surface area contributed by atoms with Crippen molar-refractivity contribution in [2.75, 3.05) is 13.2 Å². The average Bonchev–Trinajstić information content (AvgIpc) is 2.44. The molecule has 5 aliphatic rings. The minimum atomic E-state index is -1.86. The minimum Gasteiger partial charge on any atom is -0.388 e. The summed E-state index contributed by atoms with van der Waals surface area (Å²) in [5, 5.41) is 43.8. The molecule has 24 heavy (non-hydrogen) atoms. The summed E-state index contributed by atoms with van der Waals surface area (Å²) in [6, 6.07) is 0. The molecule has 5 fully saturated rings. The second-order valence-electron chi connectivity index (χ2n) is 9.92. The number of ether oxygens (including phenoxy) is 1. The number of aliphatic hydroxyl groups excluding tert-OH is 3. The van der Waals surface area contributed by atoms with Crippen molar-refractivity contribution in [2.24, 2.45) is 16.7 Å². The van der Waals surface area contributed by atoms with E-state index in [1.165, 1.54) is 19.3 Å². The summed E-state index contributed by atoms with van der Waals surface area (Å²) >= 11 is 0. The van der Waals surface area contributed by atoms with Crippen LogP contribution in [0.2, 0.25) is 0 Å². The van der Waals surface area contributed by atoms with Crippen LogP contribution in [0, 0.1) is 16.7 Å². The number of aliphatic hydroxyl groups is 4. The fraction of sp³-hybridized carbons (Fsp3) is 1.00. The first-order valence-corrected chi connectivity index (χ1v) is 9.22. The fourth-order valence-electron chi connectivity index (χ4n) is 7.01. The van der Waals surface area contributed by atoms with Crippen LogP contribution in [0.4, 0.5) is 0 Å². The molecule has 8 atom stereocenters. The second kappa shape index (κ2) is 5.15. The lowest BCUT2D eigenvalue weighted by atomic mass is 9.43. The zero-order chi connectivity index (χ0) is 17.4. The van der Waals surface area contributed by atoms with Crippen LogP contribution in [0.1, 0.15) is 52.4 Å². The first kappa shape index (κ1) is 17.2. The standard InChI is InChI=1S/C18H31NO5/c1-15-3-11-4-16(2,7-15)9-17(5-11,8-15)19-10-18(23)14(22)13(21)12(20)6-24-18/h11-14,19-23H,3-10H2,1-2H3/t11?,12-,13-,14+,15-,16+,17?,18+/m1/s1. The van der Waals surface area contributed by atoms with E-state index in [2.05, 4.69) is 19.2 Å². The summed E-state index contributed by atoms with van der Waals surface area (Å²) in [6.07, 6.45) is 3.06. The van der Waals surface area contributed by atoms with E-state index in [1.807, 2.05) is 0 Å². The summed E-state index contributed by atoms with van der Waals surface area (Å²) in [5.41, 5.74) is 0.680. The topological polar surface area (TPSA) is 102 Å². The van der Waals surface area contributed by atoms with E-state index < -0.39 is 24.1 Å². The second-order valence-corrected chi connectivity index (χ2v) is 9.92. The summed E-state index contributed by atoms with van der Waals surface area (Å²) in [5.74, 6) is -1.13. The van der Waals surface area contributed by atoms with Crippen LogP contribution in [0.5, 0.6) is 0 Å². The molecule has 2 unspecified atom stereocenters. The zero-order valence-electron chi connectivity index (χ0n) is 14.7. The first-order valence-electron chi connectivity index (χ1n) is 9.22. The van der Waals surface area contributed by atoms with Crippen molar-refractivity contribution in [3.63, 3.8) is 0 Å². The van der Waals surface area contributed by atoms with E-state index in [9.17, 15) is 20.4 Å². The quantitative estimate of drug-likeness (QED) is 0.500. The van der Waals surface area contributed by atoms with Crippen LogP contribution in [-0.2, 0) is 4.74 Å². The molecule has 5 N–H and O–H groups in total. The van der Waals surface area contributed by atoms with Gasteiger partial charge >= 0.3 is 0 Å². The molecule has 0 aromatic carbocycles. The number of β-amino-alcohol motifs (C(OH)–C–C–N with tert-alkyl or cyclic N) is 1. The average molecular weight is 341 g/mol. The largest absolute Gasteiger partial charge is 0.388 e. The summed E-state index contributed by atoms with van der Waals surface area (Å²) in [7, 11) is 0. The highest BCUT2D eigenvalue weighted by atomic mass is 16.6. The summed E-state index contributed by atoms with van der Waals surface area (Å²) < 4.78 is 5.31. The van der Waals surface area contributed by atoms with Crippen molar-refractivity contribution >= 4 is 0 Å². The van der Waals surface area contributed by atoms with Gasteiger partial charge in [-0.2, -0.15) is 0 Å². The molecule has 4 bridgehead atoms. The predicted octanol–water partition coefficient (Wildman–Crippen LogP) is 0.126. The van der Waals surface area contributed by atoms with Gasteiger partial charge in [-0.05, 0) is 55.3 Å². The molecule has 1 saturated heterocycles. The Bertz CT molecular complexity index is 510. The van der Waals surface area contributed by atoms with E-state index in [4.69, 9.17) is 4.74 Å². The van der Waals surface area contributed by atoms with Gasteiger partial charge in [0.05, 0.1) is 13.2 Å². The lowest BCUT2D eigenvalue weighted by Crippen LogP contribution is -2.69. The van der Waals surface area contributed by atoms with Gasteiger partial charge in [0.25, 0.3) is 0 Å². The van der Waals surface area contributed by atoms with Crippen molar-refractivity contribution in [1.29, 1.82) is 0 Å². The summed E-state index contributed by atoms with van der Waals surface area (Å²) in [6.45, 7) is 4.65. The third-order valence-electron chi connectivity index (χ3n) is 7.03. The number of hydrogen-bond acceptors (Lipinski definition) is 6. The molecule has 1 aliphatic heterocycles. The van der Waals surface area contributed by atoms with Crippen molar-refractivity contribution in [2.45, 2.75) is 82.0 Å². The van der Waals surface area contributed by atoms with E-state index in [1.54, 1.807) is 0 Å². The van der Waals surface area contributed by atoms with Gasteiger partial charge in [0.2, 0.25) is 5.79 Å². The van der Waals surface area contributed by atoms with Crippen LogP contribution in [0.15, 0.2) is 0 Å². The van der Waals surface area contributed by atoms with E-state index in [-0.39, 0.29) is 18.7 Å². The molecule has 0 aromatic heterocycles. The van der Waals surface area contributed by atoms with Crippen LogP contribution in [0.3, 0.4) is 0 Å². The SMILES string of the molecule is C[C@]12CC3CC(NC[C@]4(O)OC[C@@H](O)[C@@H](O)[C@@H]4O)(C1)C[C@@](C)(C3)C2. The molecule has 6 nitrogen and oxygen atoms in total. The lowest BCUT2D eigenvalue weighted by molar-refractivity contribution is -0.320. The third kappa shape index (κ3) is 2.63. The molecular weight excluding hydrogens is 310 g/mol. The minimum absolute atomic E-state index is 0.0251. The van der Waals surface area contributed by atoms with Gasteiger partial charge < -0.3 is 30.5 Å². The van der Waals surface area contributed by atoms with E-state index in [0.717, 1.165) is 25.2 Å². The van der Waals surface area contributed by atoms with Crippen LogP contribution in [0.25, 0.3) is 0 Å². The Kier molecular flexibility index (Phi) is 3.69. The number of nitrogens with one attached hydrogen (secondary N) is 1. The van der Waals surface area contributed by atoms with Crippen LogP contribution < -0.4 is 5.32 Å². The highest BCUT2D eigenvalue weighted by Crippen LogP contribution is 2.66. The maximum Gasteiger partial charge on any atom is 0.207 e. The Hall–Kier alpha value is -0.240. The monoisotopic (exact) mass is 341 g/mol. The van der Waals surface area contributed by atoms with Crippen molar-refractivity contribution in [1.82, 2.24) is 5.32 Å². The Morgan fingerprint density at radius 3 is 2.21 bits per heavy atom. The first-order chi connectivity index (χ1) is 11.1. The van der Waals surface area contributed by atoms with Crippen molar-refractivity contribution in [3.05, 3.63) is 0 Å². The molecule has 0 aromatic rings. The number of hydrogen-bond donors (Lipinski definition) is 5. The Balaban J connectivity index is 1.50. The normalized spacial score (nSPS) is 59.8. The maximum absolute atomic E-state index is 10.7. The number of rotatable bonds is 3. The highest BCUT2D eigenvalue weighted by molar-refractivity contribution is 5.14. The van der Waals surface area contributed by atoms with Crippen LogP contribution >= 0.6 is 0 Å². The Labute approximate surface area is 143 Å². The van der Waals surface area contributed by atoms with Gasteiger partial charge in [0, 0.05) is 5.54 Å². The molecule has 0 spiro atoms.